The number of aliphatic hydroxyl groups is 1. The molecule has 0 fully saturated rings. The number of carbonyl (C=O) groups excluding carboxylic acids is 1. The third kappa shape index (κ3) is 10.1. The molecule has 0 radical (unpaired) electrons. The number of nitrogens with one attached hydrogen (secondary N) is 2. The molecule has 4 rings (SSSR count). The van der Waals surface area contributed by atoms with Crippen LogP contribution >= 0.6 is 0 Å². The van der Waals surface area contributed by atoms with Crippen LogP contribution in [-0.4, -0.2) is 39.7 Å². The van der Waals surface area contributed by atoms with E-state index in [1.165, 1.54) is 29.2 Å². The molecule has 1 amide bonds. The third-order valence-corrected chi connectivity index (χ3v) is 7.52. The van der Waals surface area contributed by atoms with Crippen molar-refractivity contribution in [2.24, 2.45) is 0 Å². The quantitative estimate of drug-likeness (QED) is 0.0898. The Labute approximate surface area is 275 Å². The summed E-state index contributed by atoms with van der Waals surface area (Å²) < 4.78 is 81.6. The zero-order chi connectivity index (χ0) is 35.9. The number of alkyl halides is 6. The second kappa shape index (κ2) is 15.2. The molecule has 260 valence electrons. The van der Waals surface area contributed by atoms with Crippen LogP contribution in [0.4, 0.5) is 37.7 Å². The minimum atomic E-state index is -5.16. The van der Waals surface area contributed by atoms with Crippen molar-refractivity contribution in [3.63, 3.8) is 0 Å². The van der Waals surface area contributed by atoms with E-state index < -0.39 is 64.4 Å². The van der Waals surface area contributed by atoms with Gasteiger partial charge in [0, 0.05) is 23.5 Å². The van der Waals surface area contributed by atoms with Gasteiger partial charge in [0.2, 0.25) is 0 Å². The molecule has 0 saturated heterocycles. The molecule has 0 unspecified atom stereocenters. The summed E-state index contributed by atoms with van der Waals surface area (Å²) in [4.78, 5) is 35.4. The Hall–Kier alpha value is -5.38. The average molecular weight is 693 g/mol. The summed E-state index contributed by atoms with van der Waals surface area (Å²) in [6.45, 7) is -0.775. The largest absolute Gasteiger partial charge is 0.479 e. The van der Waals surface area contributed by atoms with Gasteiger partial charge < -0.3 is 25.7 Å². The van der Waals surface area contributed by atoms with Gasteiger partial charge in [0.25, 0.3) is 12.1 Å². The zero-order valence-corrected chi connectivity index (χ0v) is 25.5. The van der Waals surface area contributed by atoms with E-state index in [-0.39, 0.29) is 18.2 Å². The van der Waals surface area contributed by atoms with Gasteiger partial charge in [-0.05, 0) is 84.8 Å². The highest BCUT2D eigenvalue weighted by Gasteiger charge is 2.37. The van der Waals surface area contributed by atoms with E-state index in [0.29, 0.717) is 29.6 Å². The van der Waals surface area contributed by atoms with Crippen LogP contribution < -0.4 is 15.5 Å². The van der Waals surface area contributed by atoms with Gasteiger partial charge in [0.05, 0.1) is 22.6 Å². The standard InChI is InChI=1S/C33H30F6N4O6/c34-32(35,36)24-14-25(33(37,38)39)16-26(15-24)41-29(19-43(48)49)42(27-12-10-22(11-13-27)21-4-2-1-3-5-21)18-20-6-8-23(9-7-20)30(45)40-17-28(44)31(46)47/h4,6-16,19,28,41,44H,1-3,5,17-18H2,(H,40,45)(H,46,47)/b29-19-/t28-/m1/s1. The van der Waals surface area contributed by atoms with Gasteiger partial charge in [-0.25, -0.2) is 4.79 Å². The van der Waals surface area contributed by atoms with Gasteiger partial charge in [-0.1, -0.05) is 30.3 Å². The molecule has 0 saturated carbocycles. The molecule has 4 N–H and O–H groups in total. The predicted molar refractivity (Wildman–Crippen MR) is 167 cm³/mol. The first-order valence-electron chi connectivity index (χ1n) is 14.8. The third-order valence-electron chi connectivity index (χ3n) is 7.52. The smallest absolute Gasteiger partial charge is 0.416 e. The summed E-state index contributed by atoms with van der Waals surface area (Å²) in [6.07, 6.45) is -5.86. The Kier molecular flexibility index (Phi) is 11.3. The van der Waals surface area contributed by atoms with Crippen LogP contribution in [0, 0.1) is 10.1 Å². The molecule has 0 aromatic heterocycles. The lowest BCUT2D eigenvalue weighted by molar-refractivity contribution is -0.403. The Bertz CT molecular complexity index is 1710. The highest BCUT2D eigenvalue weighted by molar-refractivity contribution is 5.94. The number of benzene rings is 3. The van der Waals surface area contributed by atoms with Gasteiger partial charge in [0.15, 0.2) is 11.9 Å². The van der Waals surface area contributed by atoms with Crippen LogP contribution in [-0.2, 0) is 23.7 Å². The summed E-state index contributed by atoms with van der Waals surface area (Å²) >= 11 is 0. The molecule has 0 spiro atoms. The van der Waals surface area contributed by atoms with E-state index >= 15 is 0 Å². The minimum absolute atomic E-state index is 0.0570. The van der Waals surface area contributed by atoms with Crippen molar-refractivity contribution < 1.29 is 51.1 Å². The molecule has 3 aromatic rings. The minimum Gasteiger partial charge on any atom is -0.479 e. The number of carbonyl (C=O) groups is 2. The zero-order valence-electron chi connectivity index (χ0n) is 25.5. The highest BCUT2D eigenvalue weighted by atomic mass is 19.4. The topological polar surface area (TPSA) is 145 Å². The van der Waals surface area contributed by atoms with Gasteiger partial charge in [-0.15, -0.1) is 0 Å². The van der Waals surface area contributed by atoms with Crippen molar-refractivity contribution in [1.29, 1.82) is 0 Å². The van der Waals surface area contributed by atoms with Crippen molar-refractivity contribution in [1.82, 2.24) is 5.32 Å². The van der Waals surface area contributed by atoms with E-state index in [0.717, 1.165) is 36.8 Å². The number of hydrogen-bond acceptors (Lipinski definition) is 7. The summed E-state index contributed by atoms with van der Waals surface area (Å²) in [5.41, 5.74) is -1.19. The van der Waals surface area contributed by atoms with E-state index in [1.54, 1.807) is 24.3 Å². The van der Waals surface area contributed by atoms with Crippen molar-refractivity contribution in [2.45, 2.75) is 50.7 Å². The number of carboxylic acids is 1. The number of carboxylic acid groups (broad SMARTS) is 1. The summed E-state index contributed by atoms with van der Waals surface area (Å²) in [7, 11) is 0. The number of halogens is 6. The molecular formula is C33H30F6N4O6. The molecule has 16 heteroatoms. The molecule has 1 aliphatic carbocycles. The van der Waals surface area contributed by atoms with Crippen molar-refractivity contribution in [3.8, 4) is 0 Å². The number of aliphatic hydroxyl groups excluding tert-OH is 1. The van der Waals surface area contributed by atoms with E-state index in [1.807, 2.05) is 0 Å². The van der Waals surface area contributed by atoms with Gasteiger partial charge >= 0.3 is 18.3 Å². The number of hydrogen-bond donors (Lipinski definition) is 4. The number of nitro groups is 1. The van der Waals surface area contributed by atoms with Gasteiger partial charge in [-0.2, -0.15) is 26.3 Å². The van der Waals surface area contributed by atoms with Crippen LogP contribution in [0.3, 0.4) is 0 Å². The number of allylic oxidation sites excluding steroid dienone is 2. The lowest BCUT2D eigenvalue weighted by atomic mass is 9.93. The van der Waals surface area contributed by atoms with Crippen LogP contribution in [0.5, 0.6) is 0 Å². The van der Waals surface area contributed by atoms with Gasteiger partial charge in [0.1, 0.15) is 0 Å². The van der Waals surface area contributed by atoms with Crippen molar-refractivity contribution in [2.75, 3.05) is 16.8 Å². The maximum Gasteiger partial charge on any atom is 0.416 e. The fraction of sp³-hybridized carbons (Fsp3) is 0.273. The number of anilines is 2. The monoisotopic (exact) mass is 692 g/mol. The second-order valence-electron chi connectivity index (χ2n) is 11.1. The van der Waals surface area contributed by atoms with E-state index in [2.05, 4.69) is 16.7 Å². The maximum absolute atomic E-state index is 13.6. The fourth-order valence-corrected chi connectivity index (χ4v) is 5.04. The number of nitrogens with zero attached hydrogens (tertiary/aromatic N) is 2. The lowest BCUT2D eigenvalue weighted by Gasteiger charge is -2.28. The van der Waals surface area contributed by atoms with Crippen LogP contribution in [0.25, 0.3) is 5.57 Å². The van der Waals surface area contributed by atoms with Crippen molar-refractivity contribution >= 4 is 28.8 Å². The Morgan fingerprint density at radius 1 is 0.939 bits per heavy atom. The lowest BCUT2D eigenvalue weighted by Crippen LogP contribution is -2.36. The molecule has 0 heterocycles. The normalized spacial score (nSPS) is 14.4. The number of aliphatic carboxylic acids is 1. The number of rotatable bonds is 12. The Morgan fingerprint density at radius 3 is 2.06 bits per heavy atom. The molecule has 0 aliphatic heterocycles. The summed E-state index contributed by atoms with van der Waals surface area (Å²) in [5, 5.41) is 34.6. The Balaban J connectivity index is 1.73. The van der Waals surface area contributed by atoms with Crippen LogP contribution in [0.2, 0.25) is 0 Å². The Morgan fingerprint density at radius 2 is 1.55 bits per heavy atom. The summed E-state index contributed by atoms with van der Waals surface area (Å²) in [6, 6.07) is 13.1. The van der Waals surface area contributed by atoms with Crippen LogP contribution in [0.15, 0.2) is 84.8 Å². The SMILES string of the molecule is O=C(NC[C@@H](O)C(=O)O)c1ccc(CN(/C(=C\[N+](=O)[O-])Nc2cc(C(F)(F)F)cc(C(F)(F)F)c2)c2ccc(C3=CCCCC3)cc2)cc1. The second-order valence-corrected chi connectivity index (χ2v) is 11.1. The molecule has 3 aromatic carbocycles. The predicted octanol–water partition coefficient (Wildman–Crippen LogP) is 7.05. The average Bonchev–Trinajstić information content (AvgIpc) is 3.05. The molecule has 1 atom stereocenters. The first kappa shape index (κ1) is 36.5. The molecule has 10 nitrogen and oxygen atoms in total. The van der Waals surface area contributed by atoms with Crippen molar-refractivity contribution in [3.05, 3.63) is 123 Å². The molecule has 0 bridgehead atoms. The van der Waals surface area contributed by atoms with Gasteiger partial charge in [-0.3, -0.25) is 14.9 Å². The van der Waals surface area contributed by atoms with E-state index in [4.69, 9.17) is 5.11 Å². The first-order chi connectivity index (χ1) is 23.0. The maximum atomic E-state index is 13.6. The fourth-order valence-electron chi connectivity index (χ4n) is 5.04. The molecular weight excluding hydrogens is 662 g/mol. The highest BCUT2D eigenvalue weighted by Crippen LogP contribution is 2.38. The van der Waals surface area contributed by atoms with E-state index in [9.17, 15) is 51.2 Å². The molecule has 1 aliphatic rings. The molecule has 49 heavy (non-hydrogen) atoms. The first-order valence-corrected chi connectivity index (χ1v) is 14.8. The summed E-state index contributed by atoms with van der Waals surface area (Å²) in [5.74, 6) is -2.71. The van der Waals surface area contributed by atoms with Crippen LogP contribution in [0.1, 0.15) is 58.3 Å². The number of amides is 1.